The summed E-state index contributed by atoms with van der Waals surface area (Å²) in [5.74, 6) is 0.722. The number of hydrogen-bond donors (Lipinski definition) is 2. The highest BCUT2D eigenvalue weighted by atomic mass is 32.1. The van der Waals surface area contributed by atoms with Crippen molar-refractivity contribution in [1.29, 1.82) is 0 Å². The molecule has 2 aromatic heterocycles. The van der Waals surface area contributed by atoms with E-state index in [0.717, 1.165) is 33.1 Å². The van der Waals surface area contributed by atoms with Gasteiger partial charge in [0.1, 0.15) is 10.8 Å². The van der Waals surface area contributed by atoms with Gasteiger partial charge in [0.05, 0.1) is 24.6 Å². The van der Waals surface area contributed by atoms with Gasteiger partial charge in [-0.25, -0.2) is 0 Å². The molecular formula is C17H13N3O2S. The van der Waals surface area contributed by atoms with Gasteiger partial charge >= 0.3 is 0 Å². The van der Waals surface area contributed by atoms with Crippen molar-refractivity contribution in [3.8, 4) is 17.0 Å². The smallest absolute Gasteiger partial charge is 0.257 e. The molecule has 2 N–H and O–H groups in total. The lowest BCUT2D eigenvalue weighted by Crippen LogP contribution is -2.03. The number of carbonyl (C=O) groups is 1. The molecule has 0 radical (unpaired) electrons. The maximum Gasteiger partial charge on any atom is 0.257 e. The van der Waals surface area contributed by atoms with Crippen molar-refractivity contribution in [3.05, 3.63) is 53.0 Å². The van der Waals surface area contributed by atoms with Crippen molar-refractivity contribution in [2.24, 2.45) is 0 Å². The number of benzene rings is 1. The van der Waals surface area contributed by atoms with E-state index >= 15 is 0 Å². The van der Waals surface area contributed by atoms with Crippen LogP contribution in [0, 0.1) is 0 Å². The van der Waals surface area contributed by atoms with Crippen LogP contribution in [0.1, 0.15) is 11.1 Å². The summed E-state index contributed by atoms with van der Waals surface area (Å²) in [6.45, 7) is 0. The molecule has 5 nitrogen and oxygen atoms in total. The number of anilines is 1. The van der Waals surface area contributed by atoms with Crippen LogP contribution in [0.4, 0.5) is 5.00 Å². The fraction of sp³-hybridized carbons (Fsp3) is 0.0588. The molecule has 1 aliphatic heterocycles. The molecule has 0 atom stereocenters. The summed E-state index contributed by atoms with van der Waals surface area (Å²) in [4.78, 5) is 12.1. The van der Waals surface area contributed by atoms with Crippen molar-refractivity contribution < 1.29 is 9.53 Å². The van der Waals surface area contributed by atoms with Crippen LogP contribution < -0.4 is 10.1 Å². The molecule has 1 aliphatic rings. The maximum atomic E-state index is 12.1. The number of amides is 1. The Hall–Kier alpha value is -2.86. The molecule has 6 heteroatoms. The first-order valence-electron chi connectivity index (χ1n) is 7.05. The Kier molecular flexibility index (Phi) is 3.24. The Balaban J connectivity index is 1.76. The Labute approximate surface area is 136 Å². The molecular weight excluding hydrogens is 310 g/mol. The van der Waals surface area contributed by atoms with E-state index in [9.17, 15) is 4.79 Å². The Morgan fingerprint density at radius 1 is 1.22 bits per heavy atom. The molecule has 0 spiro atoms. The summed E-state index contributed by atoms with van der Waals surface area (Å²) in [6.07, 6.45) is 3.60. The number of aromatic amines is 1. The van der Waals surface area contributed by atoms with E-state index in [1.54, 1.807) is 13.3 Å². The second-order valence-corrected chi connectivity index (χ2v) is 6.02. The second kappa shape index (κ2) is 5.40. The number of nitrogens with zero attached hydrogens (tertiary/aromatic N) is 1. The largest absolute Gasteiger partial charge is 0.497 e. The summed E-state index contributed by atoms with van der Waals surface area (Å²) in [7, 11) is 1.64. The minimum absolute atomic E-state index is 0.0752. The molecule has 0 bridgehead atoms. The van der Waals surface area contributed by atoms with Crippen LogP contribution in [0.25, 0.3) is 22.9 Å². The van der Waals surface area contributed by atoms with Crippen LogP contribution >= 0.6 is 11.3 Å². The van der Waals surface area contributed by atoms with E-state index in [-0.39, 0.29) is 5.91 Å². The van der Waals surface area contributed by atoms with Crippen LogP contribution in [0.3, 0.4) is 0 Å². The molecule has 3 heterocycles. The molecule has 114 valence electrons. The topological polar surface area (TPSA) is 67.0 Å². The number of nitrogens with one attached hydrogen (secondary N) is 2. The number of aromatic nitrogens is 2. The van der Waals surface area contributed by atoms with Crippen molar-refractivity contribution in [1.82, 2.24) is 10.2 Å². The zero-order valence-electron chi connectivity index (χ0n) is 12.3. The van der Waals surface area contributed by atoms with Crippen molar-refractivity contribution in [2.45, 2.75) is 0 Å². The summed E-state index contributed by atoms with van der Waals surface area (Å²) in [5.41, 5.74) is 4.34. The first kappa shape index (κ1) is 13.8. The summed E-state index contributed by atoms with van der Waals surface area (Å²) in [5, 5.41) is 12.9. The van der Waals surface area contributed by atoms with Gasteiger partial charge < -0.3 is 10.1 Å². The van der Waals surface area contributed by atoms with Crippen LogP contribution in [0.5, 0.6) is 5.75 Å². The third-order valence-corrected chi connectivity index (χ3v) is 4.60. The lowest BCUT2D eigenvalue weighted by Gasteiger charge is -2.03. The molecule has 4 rings (SSSR count). The maximum absolute atomic E-state index is 12.1. The minimum Gasteiger partial charge on any atom is -0.497 e. The number of carbonyl (C=O) groups excluding carboxylic acids is 1. The monoisotopic (exact) mass is 323 g/mol. The molecule has 0 fully saturated rings. The molecule has 0 unspecified atom stereocenters. The van der Waals surface area contributed by atoms with E-state index in [2.05, 4.69) is 15.5 Å². The van der Waals surface area contributed by atoms with Crippen molar-refractivity contribution in [2.75, 3.05) is 12.4 Å². The van der Waals surface area contributed by atoms with Gasteiger partial charge in [0, 0.05) is 16.7 Å². The van der Waals surface area contributed by atoms with E-state index in [1.807, 2.05) is 41.8 Å². The number of hydrogen-bond acceptors (Lipinski definition) is 4. The third-order valence-electron chi connectivity index (χ3n) is 3.77. The van der Waals surface area contributed by atoms with Crippen molar-refractivity contribution in [3.63, 3.8) is 0 Å². The first-order valence-corrected chi connectivity index (χ1v) is 7.93. The zero-order valence-corrected chi connectivity index (χ0v) is 13.1. The van der Waals surface area contributed by atoms with E-state index in [4.69, 9.17) is 4.74 Å². The Morgan fingerprint density at radius 2 is 2.04 bits per heavy atom. The number of thiophene rings is 1. The predicted molar refractivity (Wildman–Crippen MR) is 91.4 cm³/mol. The van der Waals surface area contributed by atoms with E-state index in [1.165, 1.54) is 11.3 Å². The SMILES string of the molecule is COc1ccc(-c2[nH]ncc2C=C2C(=O)Nc3sccc32)cc1. The fourth-order valence-electron chi connectivity index (χ4n) is 2.60. The van der Waals surface area contributed by atoms with Gasteiger partial charge in [-0.05, 0) is 41.8 Å². The van der Waals surface area contributed by atoms with Crippen LogP contribution in [0.2, 0.25) is 0 Å². The number of methoxy groups -OCH3 is 1. The summed E-state index contributed by atoms with van der Waals surface area (Å²) >= 11 is 1.53. The third kappa shape index (κ3) is 2.33. The fourth-order valence-corrected chi connectivity index (χ4v) is 3.40. The standard InChI is InChI=1S/C17H13N3O2S/c1-22-12-4-2-10(3-5-12)15-11(9-18-20-15)8-14-13-6-7-23-17(13)19-16(14)21/h2-9H,1H3,(H,18,20)(H,19,21). The molecule has 3 aromatic rings. The number of rotatable bonds is 3. The Bertz CT molecular complexity index is 906. The van der Waals surface area contributed by atoms with Crippen LogP contribution in [0.15, 0.2) is 41.9 Å². The van der Waals surface area contributed by atoms with Gasteiger partial charge in [-0.2, -0.15) is 5.10 Å². The second-order valence-electron chi connectivity index (χ2n) is 5.10. The lowest BCUT2D eigenvalue weighted by molar-refractivity contribution is -0.110. The minimum atomic E-state index is -0.0752. The van der Waals surface area contributed by atoms with E-state index in [0.29, 0.717) is 5.57 Å². The number of H-pyrrole nitrogens is 1. The summed E-state index contributed by atoms with van der Waals surface area (Å²) in [6, 6.07) is 9.66. The van der Waals surface area contributed by atoms with E-state index < -0.39 is 0 Å². The van der Waals surface area contributed by atoms with Gasteiger partial charge in [-0.1, -0.05) is 0 Å². The number of fused-ring (bicyclic) bond motifs is 1. The molecule has 0 aliphatic carbocycles. The highest BCUT2D eigenvalue weighted by molar-refractivity contribution is 7.15. The zero-order chi connectivity index (χ0) is 15.8. The van der Waals surface area contributed by atoms with Gasteiger partial charge in [-0.15, -0.1) is 11.3 Å². The molecule has 23 heavy (non-hydrogen) atoms. The van der Waals surface area contributed by atoms with Gasteiger partial charge in [0.25, 0.3) is 5.91 Å². The predicted octanol–water partition coefficient (Wildman–Crippen LogP) is 3.64. The molecule has 0 saturated carbocycles. The Morgan fingerprint density at radius 3 is 2.83 bits per heavy atom. The summed E-state index contributed by atoms with van der Waals surface area (Å²) < 4.78 is 5.18. The van der Waals surface area contributed by atoms with Gasteiger partial charge in [-0.3, -0.25) is 9.89 Å². The lowest BCUT2D eigenvalue weighted by atomic mass is 10.0. The highest BCUT2D eigenvalue weighted by Gasteiger charge is 2.25. The first-order chi connectivity index (χ1) is 11.3. The molecule has 1 amide bonds. The number of ether oxygens (including phenoxy) is 1. The van der Waals surface area contributed by atoms with Gasteiger partial charge in [0.2, 0.25) is 0 Å². The average Bonchev–Trinajstić information content (AvgIpc) is 3.26. The average molecular weight is 323 g/mol. The molecule has 0 saturated heterocycles. The molecule has 1 aromatic carbocycles. The van der Waals surface area contributed by atoms with Crippen LogP contribution in [-0.4, -0.2) is 23.2 Å². The quantitative estimate of drug-likeness (QED) is 0.723. The highest BCUT2D eigenvalue weighted by Crippen LogP contribution is 2.38. The van der Waals surface area contributed by atoms with Gasteiger partial charge in [0.15, 0.2) is 0 Å². The van der Waals surface area contributed by atoms with Crippen LogP contribution in [-0.2, 0) is 4.79 Å². The normalized spacial score (nSPS) is 14.8. The van der Waals surface area contributed by atoms with Crippen molar-refractivity contribution >= 4 is 33.9 Å².